The fourth-order valence-corrected chi connectivity index (χ4v) is 3.11. The van der Waals surface area contributed by atoms with Crippen LogP contribution < -0.4 is 5.32 Å². The number of H-pyrrole nitrogens is 1. The van der Waals surface area contributed by atoms with Gasteiger partial charge in [-0.2, -0.15) is 0 Å². The minimum absolute atomic E-state index is 0.222. The maximum Gasteiger partial charge on any atom is 0.310 e. The molecule has 0 spiro atoms. The number of carbonyl (C=O) groups is 1. The number of rotatable bonds is 6. The van der Waals surface area contributed by atoms with E-state index in [1.165, 1.54) is 0 Å². The Balaban J connectivity index is 1.60. The number of nitrogens with one attached hydrogen (secondary N) is 2. The van der Waals surface area contributed by atoms with E-state index in [1.807, 2.05) is 48.7 Å². The van der Waals surface area contributed by atoms with Gasteiger partial charge < -0.3 is 15.0 Å². The van der Waals surface area contributed by atoms with Crippen LogP contribution >= 0.6 is 0 Å². The lowest BCUT2D eigenvalue weighted by Gasteiger charge is -2.12. The van der Waals surface area contributed by atoms with Gasteiger partial charge in [0.2, 0.25) is 0 Å². The molecule has 0 saturated carbocycles. The monoisotopic (exact) mass is 372 g/mol. The lowest BCUT2D eigenvalue weighted by molar-refractivity contribution is -0.142. The van der Waals surface area contributed by atoms with E-state index in [4.69, 9.17) is 4.74 Å². The van der Waals surface area contributed by atoms with Crippen molar-refractivity contribution in [1.29, 1.82) is 0 Å². The Bertz CT molecular complexity index is 1040. The fourth-order valence-electron chi connectivity index (χ4n) is 3.11. The largest absolute Gasteiger partial charge is 0.466 e. The highest BCUT2D eigenvalue weighted by molar-refractivity contribution is 5.90. The number of aromatic amines is 1. The molecule has 28 heavy (non-hydrogen) atoms. The first-order valence-corrected chi connectivity index (χ1v) is 9.13. The molecule has 0 bridgehead atoms. The Morgan fingerprint density at radius 1 is 1.07 bits per heavy atom. The highest BCUT2D eigenvalue weighted by atomic mass is 16.5. The number of fused-ring (bicyclic) bond motifs is 1. The predicted octanol–water partition coefficient (Wildman–Crippen LogP) is 4.43. The van der Waals surface area contributed by atoms with Crippen LogP contribution in [0.5, 0.6) is 0 Å². The number of esters is 1. The van der Waals surface area contributed by atoms with Crippen LogP contribution in [0.4, 0.5) is 11.5 Å². The maximum atomic E-state index is 11.6. The molecule has 0 fully saturated rings. The Morgan fingerprint density at radius 2 is 1.86 bits per heavy atom. The van der Waals surface area contributed by atoms with Gasteiger partial charge in [-0.25, -0.2) is 9.97 Å². The standard InChI is InChI=1S/C22H20N4O2/c1-2-28-19(27)12-15-8-10-17(11-9-15)26-22-20-18(16-6-4-3-5-7-16)13-23-21(20)24-14-25-22/h3-11,13-14H,2,12H2,1H3,(H2,23,24,25,26). The SMILES string of the molecule is CCOC(=O)Cc1ccc(Nc2nc[nH]c3ncc(-c4ccccc4)c2-3)cc1. The second-order valence-electron chi connectivity index (χ2n) is 6.32. The number of carbonyl (C=O) groups excluding carboxylic acids is 1. The second-order valence-corrected chi connectivity index (χ2v) is 6.32. The summed E-state index contributed by atoms with van der Waals surface area (Å²) in [5, 5.41) is 3.36. The normalized spacial score (nSPS) is 10.8. The highest BCUT2D eigenvalue weighted by Gasteiger charge is 2.18. The molecule has 4 rings (SSSR count). The molecular weight excluding hydrogens is 352 g/mol. The lowest BCUT2D eigenvalue weighted by Crippen LogP contribution is -2.07. The molecule has 0 radical (unpaired) electrons. The van der Waals surface area contributed by atoms with Crippen molar-refractivity contribution in [3.05, 3.63) is 72.7 Å². The third kappa shape index (κ3) is 3.71. The summed E-state index contributed by atoms with van der Waals surface area (Å²) in [6, 6.07) is 17.8. The van der Waals surface area contributed by atoms with Crippen molar-refractivity contribution in [2.75, 3.05) is 11.9 Å². The van der Waals surface area contributed by atoms with Crippen LogP contribution in [-0.4, -0.2) is 27.5 Å². The van der Waals surface area contributed by atoms with Crippen molar-refractivity contribution in [3.8, 4) is 22.5 Å². The second kappa shape index (κ2) is 7.92. The van der Waals surface area contributed by atoms with Crippen LogP contribution in [0.2, 0.25) is 0 Å². The average Bonchev–Trinajstić information content (AvgIpc) is 3.16. The molecular formula is C22H20N4O2. The number of hydrogen-bond acceptors (Lipinski definition) is 5. The first kappa shape index (κ1) is 17.7. The average molecular weight is 372 g/mol. The van der Waals surface area contributed by atoms with Gasteiger partial charge in [-0.1, -0.05) is 42.5 Å². The summed E-state index contributed by atoms with van der Waals surface area (Å²) >= 11 is 0. The quantitative estimate of drug-likeness (QED) is 0.490. The van der Waals surface area contributed by atoms with Gasteiger partial charge in [0.25, 0.3) is 0 Å². The van der Waals surface area contributed by atoms with E-state index in [2.05, 4.69) is 32.4 Å². The van der Waals surface area contributed by atoms with Crippen LogP contribution in [0.3, 0.4) is 0 Å². The number of aromatic nitrogens is 3. The van der Waals surface area contributed by atoms with E-state index in [9.17, 15) is 4.79 Å². The minimum Gasteiger partial charge on any atom is -0.466 e. The molecule has 0 aromatic heterocycles. The molecule has 0 atom stereocenters. The van der Waals surface area contributed by atoms with E-state index in [0.29, 0.717) is 6.61 Å². The summed E-state index contributed by atoms with van der Waals surface area (Å²) in [7, 11) is 0. The zero-order valence-corrected chi connectivity index (χ0v) is 15.5. The number of nitrogens with zero attached hydrogens (tertiary/aromatic N) is 2. The van der Waals surface area contributed by atoms with Gasteiger partial charge in [-0.15, -0.1) is 0 Å². The smallest absolute Gasteiger partial charge is 0.310 e. The zero-order valence-electron chi connectivity index (χ0n) is 15.5. The van der Waals surface area contributed by atoms with Gasteiger partial charge in [0, 0.05) is 17.4 Å². The van der Waals surface area contributed by atoms with Crippen molar-refractivity contribution in [2.45, 2.75) is 13.3 Å². The van der Waals surface area contributed by atoms with Gasteiger partial charge in [0.15, 0.2) is 0 Å². The summed E-state index contributed by atoms with van der Waals surface area (Å²) < 4.78 is 4.99. The van der Waals surface area contributed by atoms with E-state index in [1.54, 1.807) is 13.3 Å². The number of anilines is 2. The molecule has 2 aliphatic heterocycles. The van der Waals surface area contributed by atoms with Gasteiger partial charge >= 0.3 is 5.97 Å². The molecule has 6 heteroatoms. The molecule has 0 amide bonds. The lowest BCUT2D eigenvalue weighted by atomic mass is 10.0. The Labute approximate surface area is 163 Å². The van der Waals surface area contributed by atoms with E-state index in [-0.39, 0.29) is 12.4 Å². The first-order valence-electron chi connectivity index (χ1n) is 9.13. The highest BCUT2D eigenvalue weighted by Crippen LogP contribution is 2.37. The van der Waals surface area contributed by atoms with Crippen LogP contribution in [0, 0.1) is 0 Å². The van der Waals surface area contributed by atoms with Crippen LogP contribution in [0.15, 0.2) is 67.1 Å². The van der Waals surface area contributed by atoms with E-state index < -0.39 is 0 Å². The summed E-state index contributed by atoms with van der Waals surface area (Å²) in [5.41, 5.74) is 4.82. The molecule has 0 unspecified atom stereocenters. The topological polar surface area (TPSA) is 79.9 Å². The van der Waals surface area contributed by atoms with Crippen molar-refractivity contribution < 1.29 is 9.53 Å². The number of hydrogen-bond donors (Lipinski definition) is 2. The number of benzene rings is 2. The van der Waals surface area contributed by atoms with Crippen molar-refractivity contribution in [3.63, 3.8) is 0 Å². The van der Waals surface area contributed by atoms with Crippen molar-refractivity contribution >= 4 is 17.5 Å². The van der Waals surface area contributed by atoms with Gasteiger partial charge in [0.05, 0.1) is 24.9 Å². The fraction of sp³-hybridized carbons (Fsp3) is 0.136. The molecule has 2 aromatic rings. The van der Waals surface area contributed by atoms with Crippen LogP contribution in [0.25, 0.3) is 22.5 Å². The van der Waals surface area contributed by atoms with Crippen molar-refractivity contribution in [2.24, 2.45) is 0 Å². The Hall–Kier alpha value is -3.67. The molecule has 2 heterocycles. The molecule has 2 aliphatic rings. The number of ether oxygens (including phenoxy) is 1. The van der Waals surface area contributed by atoms with E-state index >= 15 is 0 Å². The predicted molar refractivity (Wildman–Crippen MR) is 109 cm³/mol. The van der Waals surface area contributed by atoms with Crippen LogP contribution in [0.1, 0.15) is 12.5 Å². The third-order valence-corrected chi connectivity index (χ3v) is 4.42. The summed E-state index contributed by atoms with van der Waals surface area (Å²) in [6.45, 7) is 2.20. The van der Waals surface area contributed by atoms with Crippen LogP contribution in [-0.2, 0) is 16.0 Å². The van der Waals surface area contributed by atoms with Gasteiger partial charge in [-0.3, -0.25) is 4.79 Å². The summed E-state index contributed by atoms with van der Waals surface area (Å²) in [6.07, 6.45) is 3.75. The zero-order chi connectivity index (χ0) is 19.3. The van der Waals surface area contributed by atoms with E-state index in [0.717, 1.165) is 39.6 Å². The third-order valence-electron chi connectivity index (χ3n) is 4.42. The summed E-state index contributed by atoms with van der Waals surface area (Å²) in [4.78, 5) is 23.7. The van der Waals surface area contributed by atoms with Gasteiger partial charge in [-0.05, 0) is 30.2 Å². The van der Waals surface area contributed by atoms with Crippen molar-refractivity contribution in [1.82, 2.24) is 15.0 Å². The summed E-state index contributed by atoms with van der Waals surface area (Å²) in [5.74, 6) is 1.28. The first-order chi connectivity index (χ1) is 13.7. The molecule has 0 aliphatic carbocycles. The van der Waals surface area contributed by atoms with Gasteiger partial charge in [0.1, 0.15) is 11.6 Å². The molecule has 2 N–H and O–H groups in total. The molecule has 0 saturated heterocycles. The maximum absolute atomic E-state index is 11.6. The Morgan fingerprint density at radius 3 is 2.61 bits per heavy atom. The molecule has 140 valence electrons. The minimum atomic E-state index is -0.222. The Kier molecular flexibility index (Phi) is 5.01. The molecule has 2 aromatic carbocycles. The molecule has 6 nitrogen and oxygen atoms in total.